The number of methoxy groups -OCH3 is 1. The van der Waals surface area contributed by atoms with Gasteiger partial charge >= 0.3 is 6.18 Å². The Morgan fingerprint density at radius 1 is 1.16 bits per heavy atom. The molecule has 3 fully saturated rings. The minimum absolute atomic E-state index is 0.0191. The molecule has 45 heavy (non-hydrogen) atoms. The summed E-state index contributed by atoms with van der Waals surface area (Å²) < 4.78 is 87.9. The number of hydrogen-bond donors (Lipinski definition) is 2. The Balaban J connectivity index is 1.23. The van der Waals surface area contributed by atoms with Gasteiger partial charge in [0.25, 0.3) is 11.8 Å². The van der Waals surface area contributed by atoms with Gasteiger partial charge in [-0.3, -0.25) is 14.5 Å². The molecule has 0 aromatic carbocycles. The van der Waals surface area contributed by atoms with E-state index >= 15 is 0 Å². The van der Waals surface area contributed by atoms with Crippen LogP contribution in [-0.2, 0) is 11.3 Å². The van der Waals surface area contributed by atoms with Crippen LogP contribution in [0, 0.1) is 11.8 Å². The molecule has 3 atom stereocenters. The van der Waals surface area contributed by atoms with E-state index in [0.29, 0.717) is 22.3 Å². The summed E-state index contributed by atoms with van der Waals surface area (Å²) in [6, 6.07) is 2.06. The second kappa shape index (κ2) is 11.3. The van der Waals surface area contributed by atoms with E-state index < -0.39 is 60.9 Å². The van der Waals surface area contributed by atoms with Crippen LogP contribution in [0.5, 0.6) is 5.88 Å². The first kappa shape index (κ1) is 30.9. The van der Waals surface area contributed by atoms with Crippen molar-refractivity contribution in [3.05, 3.63) is 35.8 Å². The minimum atomic E-state index is -4.24. The molecule has 0 spiro atoms. The molecule has 2 amide bonds. The highest BCUT2D eigenvalue weighted by molar-refractivity contribution is 5.98. The molecule has 6 rings (SSSR count). The molecule has 1 aliphatic carbocycles. The average molecular weight is 641 g/mol. The number of likely N-dealkylation sites (tertiary alicyclic amines) is 2. The number of pyridine rings is 1. The highest BCUT2D eigenvalue weighted by atomic mass is 19.4. The highest BCUT2D eigenvalue weighted by Gasteiger charge is 2.63. The summed E-state index contributed by atoms with van der Waals surface area (Å²) in [7, 11) is 1.29. The van der Waals surface area contributed by atoms with E-state index in [1.165, 1.54) is 30.2 Å². The van der Waals surface area contributed by atoms with Crippen LogP contribution < -0.4 is 15.8 Å². The summed E-state index contributed by atoms with van der Waals surface area (Å²) in [5, 5.41) is 6.83. The summed E-state index contributed by atoms with van der Waals surface area (Å²) >= 11 is 0. The quantitative estimate of drug-likeness (QED) is 0.377. The van der Waals surface area contributed by atoms with E-state index in [9.17, 15) is 35.9 Å². The van der Waals surface area contributed by atoms with Crippen molar-refractivity contribution in [3.63, 3.8) is 0 Å². The second-order valence-corrected chi connectivity index (χ2v) is 11.7. The summed E-state index contributed by atoms with van der Waals surface area (Å²) in [5.74, 6) is -7.43. The van der Waals surface area contributed by atoms with Gasteiger partial charge in [-0.15, -0.1) is 0 Å². The lowest BCUT2D eigenvalue weighted by molar-refractivity contribution is -0.185. The third kappa shape index (κ3) is 5.96. The van der Waals surface area contributed by atoms with Gasteiger partial charge in [-0.2, -0.15) is 18.3 Å². The molecular weight excluding hydrogens is 610 g/mol. The number of anilines is 1. The zero-order chi connectivity index (χ0) is 32.3. The maximum Gasteiger partial charge on any atom is 0.391 e. The second-order valence-electron chi connectivity index (χ2n) is 11.7. The normalized spacial score (nSPS) is 23.8. The number of nitrogen functional groups attached to an aromatic ring is 1. The summed E-state index contributed by atoms with van der Waals surface area (Å²) in [4.78, 5) is 36.9. The van der Waals surface area contributed by atoms with Gasteiger partial charge in [0.15, 0.2) is 5.82 Å². The van der Waals surface area contributed by atoms with E-state index in [4.69, 9.17) is 10.5 Å². The number of nitrogens with zero attached hydrogens (tertiary/aromatic N) is 6. The van der Waals surface area contributed by atoms with Crippen molar-refractivity contribution in [1.82, 2.24) is 34.7 Å². The summed E-state index contributed by atoms with van der Waals surface area (Å²) in [6.45, 7) is 0.0735. The molecule has 0 radical (unpaired) electrons. The van der Waals surface area contributed by atoms with Crippen molar-refractivity contribution in [2.45, 2.75) is 50.1 Å². The van der Waals surface area contributed by atoms with Gasteiger partial charge < -0.3 is 20.7 Å². The molecule has 1 saturated carbocycles. The first-order valence-electron chi connectivity index (χ1n) is 14.3. The molecule has 3 N–H and O–H groups in total. The van der Waals surface area contributed by atoms with E-state index in [-0.39, 0.29) is 56.3 Å². The number of alkyl halides is 6. The van der Waals surface area contributed by atoms with Gasteiger partial charge in [0, 0.05) is 31.3 Å². The maximum atomic E-state index is 14.8. The third-order valence-corrected chi connectivity index (χ3v) is 8.69. The Bertz CT molecular complexity index is 1620. The Hall–Kier alpha value is -4.15. The van der Waals surface area contributed by atoms with Crippen LogP contribution in [0.25, 0.3) is 16.8 Å². The van der Waals surface area contributed by atoms with Gasteiger partial charge in [0.2, 0.25) is 11.8 Å². The number of halogens is 6. The van der Waals surface area contributed by atoms with Crippen LogP contribution in [0.2, 0.25) is 0 Å². The summed E-state index contributed by atoms with van der Waals surface area (Å²) in [6.07, 6.45) is -3.86. The molecule has 0 bridgehead atoms. The van der Waals surface area contributed by atoms with Crippen LogP contribution in [0.15, 0.2) is 24.7 Å². The number of nitrogens with one attached hydrogen (secondary N) is 1. The van der Waals surface area contributed by atoms with Gasteiger partial charge in [-0.1, -0.05) is 0 Å². The molecule has 17 heteroatoms. The smallest absolute Gasteiger partial charge is 0.391 e. The zero-order valence-corrected chi connectivity index (χ0v) is 24.0. The third-order valence-electron chi connectivity index (χ3n) is 8.69. The molecular formula is C28H30F6N8O3. The highest BCUT2D eigenvalue weighted by Crippen LogP contribution is 2.50. The van der Waals surface area contributed by atoms with E-state index in [1.54, 1.807) is 6.07 Å². The monoisotopic (exact) mass is 640 g/mol. The molecule has 11 nitrogen and oxygen atoms in total. The number of carbonyl (C=O) groups is 2. The number of ether oxygens (including phenoxy) is 1. The standard InChI is InChI=1S/C28H30F6N8O3/c1-45-25-17(24(43)39-20-12-41(11-19(20)29)26(44)18-8-27(18,30)31)6-14(9-36-25)21-7-15(22-23(35)37-13-38-42(21)22)10-40-4-2-16(3-5-40)28(32,33)34/h6-7,9,13,16,18-20H,2-5,8,10-12H2,1H3,(H,39,43)(H2,35,37,38)/t18?,19-,20+/m0/s1. The Morgan fingerprint density at radius 3 is 2.51 bits per heavy atom. The first-order chi connectivity index (χ1) is 21.3. The lowest BCUT2D eigenvalue weighted by Gasteiger charge is -2.32. The van der Waals surface area contributed by atoms with Crippen molar-refractivity contribution in [2.24, 2.45) is 11.8 Å². The van der Waals surface area contributed by atoms with Gasteiger partial charge in [-0.05, 0) is 43.6 Å². The largest absolute Gasteiger partial charge is 0.480 e. The number of amides is 2. The summed E-state index contributed by atoms with van der Waals surface area (Å²) in [5.41, 5.74) is 8.08. The predicted octanol–water partition coefficient (Wildman–Crippen LogP) is 3.09. The van der Waals surface area contributed by atoms with E-state index in [1.807, 2.05) is 4.90 Å². The van der Waals surface area contributed by atoms with Gasteiger partial charge in [-0.25, -0.2) is 27.7 Å². The molecule has 242 valence electrons. The average Bonchev–Trinajstić information content (AvgIpc) is 3.28. The van der Waals surface area contributed by atoms with Crippen LogP contribution >= 0.6 is 0 Å². The number of nitrogens with two attached hydrogens (primary N) is 1. The van der Waals surface area contributed by atoms with Gasteiger partial charge in [0.05, 0.1) is 31.3 Å². The number of carbonyl (C=O) groups excluding carboxylic acids is 2. The van der Waals surface area contributed by atoms with Crippen molar-refractivity contribution in [3.8, 4) is 17.1 Å². The van der Waals surface area contributed by atoms with Crippen molar-refractivity contribution < 1.29 is 40.7 Å². The number of rotatable bonds is 7. The Morgan fingerprint density at radius 2 is 1.87 bits per heavy atom. The van der Waals surface area contributed by atoms with Crippen LogP contribution in [-0.4, -0.2) is 98.8 Å². The Kier molecular flexibility index (Phi) is 7.77. The minimum Gasteiger partial charge on any atom is -0.480 e. The fourth-order valence-corrected chi connectivity index (χ4v) is 6.08. The molecule has 2 saturated heterocycles. The SMILES string of the molecule is COc1ncc(-c2cc(CN3CCC(C(F)(F)F)CC3)c3c(N)ncnn23)cc1C(=O)N[C@@H]1CN(C(=O)C2CC2(F)F)C[C@@H]1F. The molecule has 3 aliphatic rings. The predicted molar refractivity (Wildman–Crippen MR) is 147 cm³/mol. The maximum absolute atomic E-state index is 14.8. The number of aromatic nitrogens is 4. The van der Waals surface area contributed by atoms with Gasteiger partial charge in [0.1, 0.15) is 29.5 Å². The molecule has 3 aromatic heterocycles. The van der Waals surface area contributed by atoms with Crippen molar-refractivity contribution in [1.29, 1.82) is 0 Å². The number of hydrogen-bond acceptors (Lipinski definition) is 8. The molecule has 5 heterocycles. The fourth-order valence-electron chi connectivity index (χ4n) is 6.08. The topological polar surface area (TPSA) is 131 Å². The van der Waals surface area contributed by atoms with Crippen LogP contribution in [0.1, 0.15) is 35.2 Å². The zero-order valence-electron chi connectivity index (χ0n) is 24.0. The van der Waals surface area contributed by atoms with Crippen molar-refractivity contribution in [2.75, 3.05) is 39.0 Å². The lowest BCUT2D eigenvalue weighted by Crippen LogP contribution is -2.42. The molecule has 1 unspecified atom stereocenters. The van der Waals surface area contributed by atoms with Crippen LogP contribution in [0.4, 0.5) is 32.2 Å². The van der Waals surface area contributed by atoms with Crippen molar-refractivity contribution >= 4 is 23.1 Å². The van der Waals surface area contributed by atoms with E-state index in [0.717, 1.165) is 4.90 Å². The lowest BCUT2D eigenvalue weighted by atomic mass is 9.96. The van der Waals surface area contributed by atoms with E-state index in [2.05, 4.69) is 20.4 Å². The van der Waals surface area contributed by atoms with Crippen LogP contribution in [0.3, 0.4) is 0 Å². The molecule has 3 aromatic rings. The Labute approximate surface area is 252 Å². The molecule has 2 aliphatic heterocycles. The fraction of sp³-hybridized carbons (Fsp3) is 0.536. The number of piperidine rings is 1. The number of fused-ring (bicyclic) bond motifs is 1. The first-order valence-corrected chi connectivity index (χ1v) is 14.3.